The smallest absolute Gasteiger partial charge is 0.311 e. The van der Waals surface area contributed by atoms with Crippen molar-refractivity contribution in [3.05, 3.63) is 39.3 Å². The highest BCUT2D eigenvalue weighted by molar-refractivity contribution is 9.10. The minimum absolute atomic E-state index is 0.0745. The van der Waals surface area contributed by atoms with Crippen molar-refractivity contribution >= 4 is 44.3 Å². The zero-order chi connectivity index (χ0) is 21.4. The van der Waals surface area contributed by atoms with Gasteiger partial charge in [0, 0.05) is 11.8 Å². The molecular weight excluding hydrogens is 456 g/mol. The van der Waals surface area contributed by atoms with Crippen molar-refractivity contribution in [1.82, 2.24) is 4.98 Å². The Bertz CT molecular complexity index is 845. The SMILES string of the molecule is CCOC(=O)Cc1csc(NC(=O)CCCOc2ccc(C(C)(C)C)cc2Br)n1. The summed E-state index contributed by atoms with van der Waals surface area (Å²) in [4.78, 5) is 27.8. The lowest BCUT2D eigenvalue weighted by molar-refractivity contribution is -0.142. The van der Waals surface area contributed by atoms with E-state index in [9.17, 15) is 9.59 Å². The lowest BCUT2D eigenvalue weighted by atomic mass is 9.87. The molecular formula is C21H27BrN2O4S. The largest absolute Gasteiger partial charge is 0.492 e. The Kier molecular flexibility index (Phi) is 8.64. The van der Waals surface area contributed by atoms with Gasteiger partial charge in [-0.2, -0.15) is 0 Å². The lowest BCUT2D eigenvalue weighted by Crippen LogP contribution is -2.13. The predicted molar refractivity (Wildman–Crippen MR) is 119 cm³/mol. The van der Waals surface area contributed by atoms with E-state index in [4.69, 9.17) is 9.47 Å². The van der Waals surface area contributed by atoms with Crippen LogP contribution in [0.5, 0.6) is 5.75 Å². The molecule has 1 aromatic carbocycles. The number of amides is 1. The minimum Gasteiger partial charge on any atom is -0.492 e. The van der Waals surface area contributed by atoms with E-state index in [2.05, 4.69) is 59.1 Å². The highest BCUT2D eigenvalue weighted by Gasteiger charge is 2.15. The summed E-state index contributed by atoms with van der Waals surface area (Å²) in [6.45, 7) is 9.02. The van der Waals surface area contributed by atoms with Gasteiger partial charge < -0.3 is 14.8 Å². The van der Waals surface area contributed by atoms with Crippen molar-refractivity contribution in [2.24, 2.45) is 0 Å². The molecule has 1 N–H and O–H groups in total. The Balaban J connectivity index is 1.74. The van der Waals surface area contributed by atoms with E-state index in [1.165, 1.54) is 16.9 Å². The van der Waals surface area contributed by atoms with E-state index >= 15 is 0 Å². The molecule has 0 spiro atoms. The fourth-order valence-corrected chi connectivity index (χ4v) is 3.71. The second kappa shape index (κ2) is 10.7. The number of carbonyl (C=O) groups excluding carboxylic acids is 2. The molecule has 2 aromatic rings. The first-order valence-electron chi connectivity index (χ1n) is 9.51. The van der Waals surface area contributed by atoms with Gasteiger partial charge >= 0.3 is 5.97 Å². The molecule has 0 aliphatic heterocycles. The molecule has 8 heteroatoms. The summed E-state index contributed by atoms with van der Waals surface area (Å²) in [7, 11) is 0. The molecule has 0 bridgehead atoms. The molecule has 0 saturated heterocycles. The number of rotatable bonds is 9. The topological polar surface area (TPSA) is 77.5 Å². The summed E-state index contributed by atoms with van der Waals surface area (Å²) in [6.07, 6.45) is 1.02. The van der Waals surface area contributed by atoms with Gasteiger partial charge in [-0.25, -0.2) is 4.98 Å². The molecule has 29 heavy (non-hydrogen) atoms. The average Bonchev–Trinajstić information content (AvgIpc) is 3.05. The molecule has 1 amide bonds. The summed E-state index contributed by atoms with van der Waals surface area (Å²) in [5.74, 6) is 0.309. The summed E-state index contributed by atoms with van der Waals surface area (Å²) in [5.41, 5.74) is 1.89. The predicted octanol–water partition coefficient (Wildman–Crippen LogP) is 5.11. The van der Waals surface area contributed by atoms with E-state index in [-0.39, 0.29) is 23.7 Å². The molecule has 1 heterocycles. The van der Waals surface area contributed by atoms with Crippen LogP contribution < -0.4 is 10.1 Å². The molecule has 0 unspecified atom stereocenters. The third kappa shape index (κ3) is 7.78. The molecule has 0 atom stereocenters. The maximum absolute atomic E-state index is 12.1. The molecule has 2 rings (SSSR count). The fraction of sp³-hybridized carbons (Fsp3) is 0.476. The van der Waals surface area contributed by atoms with Crippen molar-refractivity contribution in [3.63, 3.8) is 0 Å². The summed E-state index contributed by atoms with van der Waals surface area (Å²) in [5, 5.41) is 4.98. The molecule has 0 aliphatic rings. The van der Waals surface area contributed by atoms with E-state index in [0.717, 1.165) is 10.2 Å². The maximum Gasteiger partial charge on any atom is 0.311 e. The number of carbonyl (C=O) groups is 2. The Morgan fingerprint density at radius 1 is 1.28 bits per heavy atom. The van der Waals surface area contributed by atoms with Crippen molar-refractivity contribution in [2.45, 2.75) is 52.4 Å². The average molecular weight is 483 g/mol. The van der Waals surface area contributed by atoms with Gasteiger partial charge in [0.15, 0.2) is 5.13 Å². The van der Waals surface area contributed by atoms with Gasteiger partial charge in [-0.15, -0.1) is 11.3 Å². The Morgan fingerprint density at radius 2 is 2.03 bits per heavy atom. The first-order valence-corrected chi connectivity index (χ1v) is 11.2. The second-order valence-electron chi connectivity index (χ2n) is 7.52. The lowest BCUT2D eigenvalue weighted by Gasteiger charge is -2.20. The van der Waals surface area contributed by atoms with E-state index in [1.807, 2.05) is 6.07 Å². The third-order valence-electron chi connectivity index (χ3n) is 4.03. The van der Waals surface area contributed by atoms with Crippen LogP contribution in [0.4, 0.5) is 5.13 Å². The van der Waals surface area contributed by atoms with Gasteiger partial charge in [0.05, 0.1) is 29.8 Å². The minimum atomic E-state index is -0.325. The fourth-order valence-electron chi connectivity index (χ4n) is 2.49. The Morgan fingerprint density at radius 3 is 2.69 bits per heavy atom. The number of esters is 1. The third-order valence-corrected chi connectivity index (χ3v) is 5.46. The summed E-state index contributed by atoms with van der Waals surface area (Å²) < 4.78 is 11.6. The summed E-state index contributed by atoms with van der Waals surface area (Å²) >= 11 is 4.84. The number of aromatic nitrogens is 1. The standard InChI is InChI=1S/C21H27BrN2O4S/c1-5-27-19(26)12-15-13-29-20(23-15)24-18(25)7-6-10-28-17-9-8-14(11-16(17)22)21(2,3)4/h8-9,11,13H,5-7,10,12H2,1-4H3,(H,23,24,25). The molecule has 6 nitrogen and oxygen atoms in total. The van der Waals surface area contributed by atoms with Gasteiger partial charge in [0.25, 0.3) is 0 Å². The number of nitrogens with one attached hydrogen (secondary N) is 1. The zero-order valence-electron chi connectivity index (χ0n) is 17.2. The van der Waals surface area contributed by atoms with Crippen LogP contribution in [0.25, 0.3) is 0 Å². The number of ether oxygens (including phenoxy) is 2. The van der Waals surface area contributed by atoms with Crippen LogP contribution in [0, 0.1) is 0 Å². The highest BCUT2D eigenvalue weighted by Crippen LogP contribution is 2.31. The van der Waals surface area contributed by atoms with Gasteiger partial charge in [-0.05, 0) is 52.4 Å². The van der Waals surface area contributed by atoms with Crippen LogP contribution in [-0.2, 0) is 26.2 Å². The number of thiazole rings is 1. The van der Waals surface area contributed by atoms with Crippen LogP contribution >= 0.6 is 27.3 Å². The van der Waals surface area contributed by atoms with Crippen molar-refractivity contribution in [1.29, 1.82) is 0 Å². The molecule has 0 saturated carbocycles. The van der Waals surface area contributed by atoms with Crippen LogP contribution in [0.15, 0.2) is 28.1 Å². The number of hydrogen-bond donors (Lipinski definition) is 1. The van der Waals surface area contributed by atoms with Gasteiger partial charge in [-0.1, -0.05) is 26.8 Å². The number of hydrogen-bond acceptors (Lipinski definition) is 6. The molecule has 158 valence electrons. The van der Waals surface area contributed by atoms with Crippen LogP contribution in [0.2, 0.25) is 0 Å². The van der Waals surface area contributed by atoms with E-state index in [1.54, 1.807) is 12.3 Å². The van der Waals surface area contributed by atoms with Gasteiger partial charge in [0.1, 0.15) is 5.75 Å². The molecule has 0 fully saturated rings. The Hall–Kier alpha value is -1.93. The quantitative estimate of drug-likeness (QED) is 0.396. The first kappa shape index (κ1) is 23.3. The van der Waals surface area contributed by atoms with Crippen LogP contribution in [-0.4, -0.2) is 30.1 Å². The van der Waals surface area contributed by atoms with Gasteiger partial charge in [-0.3, -0.25) is 9.59 Å². The summed E-state index contributed by atoms with van der Waals surface area (Å²) in [6, 6.07) is 6.08. The highest BCUT2D eigenvalue weighted by atomic mass is 79.9. The van der Waals surface area contributed by atoms with Crippen LogP contribution in [0.1, 0.15) is 51.8 Å². The van der Waals surface area contributed by atoms with Crippen molar-refractivity contribution in [3.8, 4) is 5.75 Å². The van der Waals surface area contributed by atoms with E-state index in [0.29, 0.717) is 36.9 Å². The zero-order valence-corrected chi connectivity index (χ0v) is 19.6. The van der Waals surface area contributed by atoms with Crippen molar-refractivity contribution < 1.29 is 19.1 Å². The molecule has 0 radical (unpaired) electrons. The van der Waals surface area contributed by atoms with Gasteiger partial charge in [0.2, 0.25) is 5.91 Å². The van der Waals surface area contributed by atoms with Crippen molar-refractivity contribution in [2.75, 3.05) is 18.5 Å². The molecule has 0 aliphatic carbocycles. The number of anilines is 1. The first-order chi connectivity index (χ1) is 13.7. The number of benzene rings is 1. The monoisotopic (exact) mass is 482 g/mol. The Labute approximate surface area is 184 Å². The normalized spacial score (nSPS) is 11.2. The maximum atomic E-state index is 12.1. The molecule has 1 aromatic heterocycles. The number of nitrogens with zero attached hydrogens (tertiary/aromatic N) is 1. The van der Waals surface area contributed by atoms with E-state index < -0.39 is 0 Å². The van der Waals surface area contributed by atoms with Crippen LogP contribution in [0.3, 0.4) is 0 Å². The number of halogens is 1. The second-order valence-corrected chi connectivity index (χ2v) is 9.23.